The lowest BCUT2D eigenvalue weighted by atomic mass is 10.1. The molecule has 6 nitrogen and oxygen atoms in total. The van der Waals surface area contributed by atoms with Crippen molar-refractivity contribution in [1.29, 1.82) is 0 Å². The molecule has 0 bridgehead atoms. The van der Waals surface area contributed by atoms with Crippen LogP contribution in [0.15, 0.2) is 55.1 Å². The first-order valence-corrected chi connectivity index (χ1v) is 9.39. The van der Waals surface area contributed by atoms with Gasteiger partial charge in [0.25, 0.3) is 5.91 Å². The summed E-state index contributed by atoms with van der Waals surface area (Å²) in [5.41, 5.74) is 1.75. The monoisotopic (exact) mass is 415 g/mol. The second-order valence-electron chi connectivity index (χ2n) is 6.66. The molecule has 0 saturated carbocycles. The Bertz CT molecular complexity index is 1050. The second-order valence-corrected chi connectivity index (χ2v) is 6.66. The first-order valence-electron chi connectivity index (χ1n) is 9.39. The average Bonchev–Trinajstić information content (AvgIpc) is 3.13. The van der Waals surface area contributed by atoms with E-state index in [0.29, 0.717) is 29.0 Å². The van der Waals surface area contributed by atoms with E-state index in [0.717, 1.165) is 10.1 Å². The molecule has 3 rings (SSSR count). The highest BCUT2D eigenvalue weighted by molar-refractivity contribution is 5.79. The van der Waals surface area contributed by atoms with E-state index in [4.69, 9.17) is 9.47 Å². The van der Waals surface area contributed by atoms with Crippen LogP contribution in [0.4, 0.5) is 8.78 Å². The molecule has 0 saturated heterocycles. The molecule has 0 aliphatic rings. The predicted octanol–water partition coefficient (Wildman–Crippen LogP) is 4.42. The number of amides is 1. The molecule has 1 atom stereocenters. The molecule has 8 heteroatoms. The Labute approximate surface area is 173 Å². The molecule has 0 spiro atoms. The minimum absolute atomic E-state index is 0.0749. The Hall–Kier alpha value is -3.42. The van der Waals surface area contributed by atoms with Gasteiger partial charge in [-0.15, -0.1) is 6.58 Å². The molecule has 0 aliphatic heterocycles. The van der Waals surface area contributed by atoms with Gasteiger partial charge in [0.05, 0.1) is 24.2 Å². The maximum absolute atomic E-state index is 13.6. The lowest BCUT2D eigenvalue weighted by Crippen LogP contribution is -2.32. The van der Waals surface area contributed by atoms with Crippen LogP contribution in [0.25, 0.3) is 11.0 Å². The van der Waals surface area contributed by atoms with E-state index in [9.17, 15) is 13.6 Å². The van der Waals surface area contributed by atoms with Gasteiger partial charge < -0.3 is 14.8 Å². The molecule has 1 amide bonds. The van der Waals surface area contributed by atoms with Crippen LogP contribution < -0.4 is 14.8 Å². The van der Waals surface area contributed by atoms with Gasteiger partial charge in [-0.05, 0) is 43.2 Å². The fourth-order valence-electron chi connectivity index (χ4n) is 3.19. The number of methoxy groups -OCH3 is 1. The molecule has 1 unspecified atom stereocenters. The molecule has 3 aromatic rings. The number of imidazole rings is 1. The van der Waals surface area contributed by atoms with E-state index >= 15 is 0 Å². The number of allylic oxidation sites excluding steroid dienone is 1. The number of benzene rings is 2. The fraction of sp³-hybridized carbons (Fsp3) is 0.273. The highest BCUT2D eigenvalue weighted by Gasteiger charge is 2.23. The predicted molar refractivity (Wildman–Crippen MR) is 110 cm³/mol. The van der Waals surface area contributed by atoms with Crippen molar-refractivity contribution < 1.29 is 23.0 Å². The highest BCUT2D eigenvalue weighted by Crippen LogP contribution is 2.29. The van der Waals surface area contributed by atoms with Crippen molar-refractivity contribution in [2.24, 2.45) is 0 Å². The van der Waals surface area contributed by atoms with Crippen LogP contribution in [0.2, 0.25) is 0 Å². The van der Waals surface area contributed by atoms with E-state index in [-0.39, 0.29) is 12.4 Å². The summed E-state index contributed by atoms with van der Waals surface area (Å²) >= 11 is 0. The van der Waals surface area contributed by atoms with Crippen molar-refractivity contribution in [1.82, 2.24) is 14.9 Å². The Kier molecular flexibility index (Phi) is 6.66. The van der Waals surface area contributed by atoms with Crippen LogP contribution in [-0.4, -0.2) is 29.2 Å². The van der Waals surface area contributed by atoms with Crippen molar-refractivity contribution in [3.8, 4) is 11.5 Å². The van der Waals surface area contributed by atoms with Crippen molar-refractivity contribution in [2.75, 3.05) is 13.7 Å². The summed E-state index contributed by atoms with van der Waals surface area (Å²) in [5.74, 6) is 0.515. The van der Waals surface area contributed by atoms with E-state index in [1.165, 1.54) is 7.11 Å². The Morgan fingerprint density at radius 3 is 2.73 bits per heavy atom. The molecule has 1 N–H and O–H groups in total. The number of para-hydroxylation sites is 2. The normalized spacial score (nSPS) is 12.0. The number of carbonyl (C=O) groups excluding carboxylic acids is 1. The number of ether oxygens (including phenoxy) is 2. The summed E-state index contributed by atoms with van der Waals surface area (Å²) < 4.78 is 38.9. The molecule has 2 aromatic carbocycles. The number of fused-ring (bicyclic) bond motifs is 1. The summed E-state index contributed by atoms with van der Waals surface area (Å²) in [5, 5.41) is 2.66. The second kappa shape index (κ2) is 9.39. The van der Waals surface area contributed by atoms with Gasteiger partial charge in [0.1, 0.15) is 5.82 Å². The van der Waals surface area contributed by atoms with E-state index in [2.05, 4.69) is 16.9 Å². The molecule has 158 valence electrons. The van der Waals surface area contributed by atoms with Crippen LogP contribution in [0, 0.1) is 0 Å². The number of aromatic nitrogens is 2. The molecule has 1 aromatic heterocycles. The molecular formula is C22H23F2N3O3. The first kappa shape index (κ1) is 21.3. The number of hydrogen-bond acceptors (Lipinski definition) is 4. The summed E-state index contributed by atoms with van der Waals surface area (Å²) in [6.45, 7) is 2.23. The zero-order valence-electron chi connectivity index (χ0n) is 16.8. The van der Waals surface area contributed by atoms with E-state index in [1.54, 1.807) is 43.3 Å². The van der Waals surface area contributed by atoms with Crippen molar-refractivity contribution in [2.45, 2.75) is 25.9 Å². The van der Waals surface area contributed by atoms with Crippen molar-refractivity contribution in [3.05, 3.63) is 66.5 Å². The number of nitrogens with zero attached hydrogens (tertiary/aromatic N) is 2. The number of alkyl halides is 2. The highest BCUT2D eigenvalue weighted by atomic mass is 19.3. The SMILES string of the molecule is C=CCc1ccc(OCC(=O)NC(C)c2nc3ccccc3n2C(F)F)c(OC)c1. The molecular weight excluding hydrogens is 392 g/mol. The molecule has 30 heavy (non-hydrogen) atoms. The number of nitrogens with one attached hydrogen (secondary N) is 1. The lowest BCUT2D eigenvalue weighted by Gasteiger charge is -2.16. The molecule has 0 aliphatic carbocycles. The first-order chi connectivity index (χ1) is 14.4. The van der Waals surface area contributed by atoms with Gasteiger partial charge in [0.15, 0.2) is 18.1 Å². The third-order valence-electron chi connectivity index (χ3n) is 4.55. The zero-order valence-corrected chi connectivity index (χ0v) is 16.8. The van der Waals surface area contributed by atoms with Crippen LogP contribution in [-0.2, 0) is 11.2 Å². The number of hydrogen-bond donors (Lipinski definition) is 1. The molecule has 1 heterocycles. The minimum Gasteiger partial charge on any atom is -0.493 e. The topological polar surface area (TPSA) is 65.4 Å². The van der Waals surface area contributed by atoms with Crippen molar-refractivity contribution >= 4 is 16.9 Å². The standard InChI is InChI=1S/C22H23F2N3O3/c1-4-7-15-10-11-18(19(12-15)29-3)30-13-20(28)25-14(2)21-26-16-8-5-6-9-17(16)27(21)22(23)24/h4-6,8-12,14,22H,1,7,13H2,2-3H3,(H,25,28). The Balaban J connectivity index is 1.69. The summed E-state index contributed by atoms with van der Waals surface area (Å²) in [4.78, 5) is 16.6. The van der Waals surface area contributed by atoms with Gasteiger partial charge in [0, 0.05) is 0 Å². The average molecular weight is 415 g/mol. The Morgan fingerprint density at radius 2 is 2.03 bits per heavy atom. The van der Waals surface area contributed by atoms with Gasteiger partial charge in [-0.2, -0.15) is 8.78 Å². The Morgan fingerprint density at radius 1 is 1.27 bits per heavy atom. The summed E-state index contributed by atoms with van der Waals surface area (Å²) in [6.07, 6.45) is 2.45. The quantitative estimate of drug-likeness (QED) is 0.526. The zero-order chi connectivity index (χ0) is 21.7. The smallest absolute Gasteiger partial charge is 0.320 e. The van der Waals surface area contributed by atoms with E-state index < -0.39 is 18.5 Å². The van der Waals surface area contributed by atoms with Gasteiger partial charge >= 0.3 is 6.55 Å². The van der Waals surface area contributed by atoms with Crippen LogP contribution in [0.5, 0.6) is 11.5 Å². The van der Waals surface area contributed by atoms with Crippen LogP contribution >= 0.6 is 0 Å². The van der Waals surface area contributed by atoms with Gasteiger partial charge in [0.2, 0.25) is 0 Å². The lowest BCUT2D eigenvalue weighted by molar-refractivity contribution is -0.123. The molecule has 0 radical (unpaired) electrons. The number of halogens is 2. The maximum Gasteiger partial charge on any atom is 0.320 e. The maximum atomic E-state index is 13.6. The van der Waals surface area contributed by atoms with Crippen LogP contribution in [0.3, 0.4) is 0 Å². The van der Waals surface area contributed by atoms with Crippen molar-refractivity contribution in [3.63, 3.8) is 0 Å². The number of rotatable bonds is 9. The van der Waals surface area contributed by atoms with Gasteiger partial charge in [-0.25, -0.2) is 4.98 Å². The minimum atomic E-state index is -2.78. The number of carbonyl (C=O) groups is 1. The molecule has 0 fully saturated rings. The van der Waals surface area contributed by atoms with Gasteiger partial charge in [-0.3, -0.25) is 9.36 Å². The third kappa shape index (κ3) is 4.59. The largest absolute Gasteiger partial charge is 0.493 e. The fourth-order valence-corrected chi connectivity index (χ4v) is 3.19. The summed E-state index contributed by atoms with van der Waals surface area (Å²) in [7, 11) is 1.51. The van der Waals surface area contributed by atoms with E-state index in [1.807, 2.05) is 12.1 Å². The van der Waals surface area contributed by atoms with Gasteiger partial charge in [-0.1, -0.05) is 24.3 Å². The van der Waals surface area contributed by atoms with Crippen LogP contribution in [0.1, 0.15) is 30.9 Å². The summed E-state index contributed by atoms with van der Waals surface area (Å²) in [6, 6.07) is 11.2. The third-order valence-corrected chi connectivity index (χ3v) is 4.55.